The van der Waals surface area contributed by atoms with E-state index in [-0.39, 0.29) is 5.92 Å². The van der Waals surface area contributed by atoms with Crippen LogP contribution in [0.1, 0.15) is 71.1 Å². The summed E-state index contributed by atoms with van der Waals surface area (Å²) in [5.74, 6) is -0.246. The predicted molar refractivity (Wildman–Crippen MR) is 67.6 cm³/mol. The van der Waals surface area contributed by atoms with Crippen molar-refractivity contribution in [3.8, 4) is 0 Å². The fourth-order valence-corrected chi connectivity index (χ4v) is 1.87. The molecule has 2 nitrogen and oxygen atoms in total. The first kappa shape index (κ1) is 15.6. The number of aliphatic hydroxyl groups excluding tert-OH is 1. The molecule has 0 rings (SSSR count). The van der Waals surface area contributed by atoms with Crippen molar-refractivity contribution in [2.75, 3.05) is 0 Å². The van der Waals surface area contributed by atoms with Crippen molar-refractivity contribution in [2.24, 2.45) is 5.92 Å². The second-order valence-electron chi connectivity index (χ2n) is 4.57. The van der Waals surface area contributed by atoms with Crippen molar-refractivity contribution in [3.63, 3.8) is 0 Å². The summed E-state index contributed by atoms with van der Waals surface area (Å²) >= 11 is 0. The zero-order valence-corrected chi connectivity index (χ0v) is 10.7. The molecule has 16 heavy (non-hydrogen) atoms. The van der Waals surface area contributed by atoms with E-state index in [0.29, 0.717) is 0 Å². The maximum absolute atomic E-state index is 10.4. The molecule has 1 N–H and O–H groups in total. The van der Waals surface area contributed by atoms with Crippen molar-refractivity contribution < 1.29 is 9.90 Å². The molecule has 0 saturated carbocycles. The zero-order chi connectivity index (χ0) is 12.1. The highest BCUT2D eigenvalue weighted by Gasteiger charge is 2.04. The van der Waals surface area contributed by atoms with E-state index in [9.17, 15) is 4.79 Å². The minimum absolute atomic E-state index is 0.246. The molecule has 0 aliphatic heterocycles. The van der Waals surface area contributed by atoms with Gasteiger partial charge in [-0.1, -0.05) is 64.7 Å². The molecule has 0 aromatic rings. The summed E-state index contributed by atoms with van der Waals surface area (Å²) in [6, 6.07) is 0. The highest BCUT2D eigenvalue weighted by atomic mass is 16.3. The van der Waals surface area contributed by atoms with Gasteiger partial charge in [0.2, 0.25) is 0 Å². The van der Waals surface area contributed by atoms with Crippen LogP contribution in [0.15, 0.2) is 0 Å². The molecule has 0 saturated heterocycles. The van der Waals surface area contributed by atoms with Gasteiger partial charge in [-0.15, -0.1) is 0 Å². The van der Waals surface area contributed by atoms with Crippen molar-refractivity contribution >= 4 is 6.29 Å². The monoisotopic (exact) mass is 227 g/mol. The maximum atomic E-state index is 10.4. The third-order valence-electron chi connectivity index (χ3n) is 3.01. The van der Waals surface area contributed by atoms with E-state index in [4.69, 9.17) is 5.11 Å². The van der Waals surface area contributed by atoms with Gasteiger partial charge < -0.3 is 9.90 Å². The van der Waals surface area contributed by atoms with Gasteiger partial charge in [-0.25, -0.2) is 0 Å². The first-order valence-corrected chi connectivity index (χ1v) is 6.78. The number of unbranched alkanes of at least 4 members (excludes halogenated alkanes) is 8. The third kappa shape index (κ3) is 10.2. The molecule has 0 fully saturated rings. The second-order valence-corrected chi connectivity index (χ2v) is 4.57. The van der Waals surface area contributed by atoms with Crippen molar-refractivity contribution in [1.29, 1.82) is 0 Å². The fraction of sp³-hybridized carbons (Fsp3) is 0.857. The largest absolute Gasteiger partial charge is 0.390 e. The topological polar surface area (TPSA) is 37.3 Å². The number of hydrogen-bond acceptors (Lipinski definition) is 2. The van der Waals surface area contributed by atoms with E-state index in [1.54, 1.807) is 0 Å². The summed E-state index contributed by atoms with van der Waals surface area (Å²) in [4.78, 5) is 10.4. The lowest BCUT2D eigenvalue weighted by atomic mass is 10.0. The predicted octanol–water partition coefficient (Wildman–Crippen LogP) is 4.26. The molecule has 0 amide bonds. The van der Waals surface area contributed by atoms with Crippen LogP contribution in [-0.2, 0) is 4.79 Å². The molecule has 0 aliphatic rings. The van der Waals surface area contributed by atoms with Gasteiger partial charge in [0.25, 0.3) is 0 Å². The molecular weight excluding hydrogens is 200 g/mol. The van der Waals surface area contributed by atoms with Crippen molar-refractivity contribution in [1.82, 2.24) is 0 Å². The van der Waals surface area contributed by atoms with E-state index in [2.05, 4.69) is 6.92 Å². The average Bonchev–Trinajstić information content (AvgIpc) is 2.32. The van der Waals surface area contributed by atoms with E-state index in [0.717, 1.165) is 25.7 Å². The van der Waals surface area contributed by atoms with Crippen LogP contribution in [0.25, 0.3) is 0 Å². The number of aldehydes is 1. The van der Waals surface area contributed by atoms with Crippen LogP contribution in [0.2, 0.25) is 0 Å². The SMILES string of the molecule is CCCCCCCCCCCC([CH]O)C=O. The smallest absolute Gasteiger partial charge is 0.125 e. The Morgan fingerprint density at radius 3 is 1.88 bits per heavy atom. The molecule has 0 bridgehead atoms. The third-order valence-corrected chi connectivity index (χ3v) is 3.01. The summed E-state index contributed by atoms with van der Waals surface area (Å²) < 4.78 is 0. The number of carbonyl (C=O) groups is 1. The number of rotatable bonds is 12. The normalized spacial score (nSPS) is 12.6. The Kier molecular flexibility index (Phi) is 12.4. The quantitative estimate of drug-likeness (QED) is 0.399. The van der Waals surface area contributed by atoms with Gasteiger partial charge in [-0.05, 0) is 6.42 Å². The first-order valence-electron chi connectivity index (χ1n) is 6.78. The van der Waals surface area contributed by atoms with Gasteiger partial charge in [0.15, 0.2) is 0 Å². The Morgan fingerprint density at radius 1 is 0.938 bits per heavy atom. The van der Waals surface area contributed by atoms with Gasteiger partial charge in [0.1, 0.15) is 6.29 Å². The molecule has 0 heterocycles. The average molecular weight is 227 g/mol. The van der Waals surface area contributed by atoms with E-state index in [1.807, 2.05) is 0 Å². The highest BCUT2D eigenvalue weighted by Crippen LogP contribution is 2.13. The van der Waals surface area contributed by atoms with Crippen molar-refractivity contribution in [2.45, 2.75) is 71.1 Å². The Morgan fingerprint density at radius 2 is 1.44 bits per heavy atom. The Balaban J connectivity index is 3.06. The lowest BCUT2D eigenvalue weighted by Gasteiger charge is -2.05. The summed E-state index contributed by atoms with van der Waals surface area (Å²) in [6.07, 6.45) is 13.2. The van der Waals surface area contributed by atoms with Gasteiger partial charge in [0.05, 0.1) is 6.61 Å². The molecular formula is C14H27O2. The van der Waals surface area contributed by atoms with E-state index >= 15 is 0 Å². The zero-order valence-electron chi connectivity index (χ0n) is 10.7. The summed E-state index contributed by atoms with van der Waals surface area (Å²) in [6.45, 7) is 3.25. The van der Waals surface area contributed by atoms with Gasteiger partial charge >= 0.3 is 0 Å². The molecule has 0 aromatic heterocycles. The first-order chi connectivity index (χ1) is 7.85. The Hall–Kier alpha value is -0.370. The van der Waals surface area contributed by atoms with Crippen molar-refractivity contribution in [3.05, 3.63) is 6.61 Å². The van der Waals surface area contributed by atoms with Crippen LogP contribution in [0.5, 0.6) is 0 Å². The minimum Gasteiger partial charge on any atom is -0.390 e. The number of carbonyl (C=O) groups excluding carboxylic acids is 1. The summed E-state index contributed by atoms with van der Waals surface area (Å²) in [5, 5.41) is 8.69. The molecule has 1 radical (unpaired) electrons. The lowest BCUT2D eigenvalue weighted by molar-refractivity contribution is -0.111. The second kappa shape index (κ2) is 12.7. The standard InChI is InChI=1S/C14H27O2/c1-2-3-4-5-6-7-8-9-10-11-14(12-15)13-16/h12-15H,2-11H2,1H3. The molecule has 2 heteroatoms. The molecule has 0 aromatic carbocycles. The van der Waals surface area contributed by atoms with Crippen LogP contribution in [0.3, 0.4) is 0 Å². The van der Waals surface area contributed by atoms with Crippen LogP contribution in [0.4, 0.5) is 0 Å². The molecule has 1 atom stereocenters. The molecule has 1 unspecified atom stereocenters. The molecule has 0 spiro atoms. The van der Waals surface area contributed by atoms with Gasteiger partial charge in [-0.2, -0.15) is 0 Å². The Bertz CT molecular complexity index is 146. The van der Waals surface area contributed by atoms with Crippen LogP contribution in [-0.4, -0.2) is 11.4 Å². The van der Waals surface area contributed by atoms with E-state index < -0.39 is 0 Å². The van der Waals surface area contributed by atoms with Gasteiger partial charge in [-0.3, -0.25) is 0 Å². The Labute approximate surface area is 100 Å². The molecule has 95 valence electrons. The molecule has 0 aliphatic carbocycles. The van der Waals surface area contributed by atoms with Gasteiger partial charge in [0, 0.05) is 5.92 Å². The van der Waals surface area contributed by atoms with Crippen LogP contribution in [0, 0.1) is 12.5 Å². The minimum atomic E-state index is -0.246. The highest BCUT2D eigenvalue weighted by molar-refractivity contribution is 5.54. The number of hydrogen-bond donors (Lipinski definition) is 1. The maximum Gasteiger partial charge on any atom is 0.125 e. The van der Waals surface area contributed by atoms with E-state index in [1.165, 1.54) is 51.4 Å². The van der Waals surface area contributed by atoms with Crippen LogP contribution >= 0.6 is 0 Å². The fourth-order valence-electron chi connectivity index (χ4n) is 1.87. The summed E-state index contributed by atoms with van der Waals surface area (Å²) in [5.41, 5.74) is 0. The summed E-state index contributed by atoms with van der Waals surface area (Å²) in [7, 11) is 0. The number of aliphatic hydroxyl groups is 1. The lowest BCUT2D eigenvalue weighted by Crippen LogP contribution is -2.01. The van der Waals surface area contributed by atoms with Crippen LogP contribution < -0.4 is 0 Å².